The number of ether oxygens (including phenoxy) is 1. The minimum Gasteiger partial charge on any atom is -0.469 e. The molecule has 3 aliphatic carbocycles. The van der Waals surface area contributed by atoms with E-state index >= 15 is 4.39 Å². The Morgan fingerprint density at radius 3 is 2.42 bits per heavy atom. The van der Waals surface area contributed by atoms with Gasteiger partial charge in [-0.15, -0.1) is 0 Å². The molecule has 0 saturated heterocycles. The van der Waals surface area contributed by atoms with Crippen molar-refractivity contribution in [1.29, 1.82) is 0 Å². The molecule has 1 N–H and O–H groups in total. The molecule has 1 aromatic carbocycles. The Morgan fingerprint density at radius 2 is 1.73 bits per heavy atom. The molecule has 13 heteroatoms. The third-order valence-corrected chi connectivity index (χ3v) is 10.7. The number of aryl methyl sites for hydroxylation is 1. The predicted octanol–water partition coefficient (Wildman–Crippen LogP) is 5.97. The second-order valence-electron chi connectivity index (χ2n) is 11.6. The van der Waals surface area contributed by atoms with Crippen molar-refractivity contribution in [3.8, 4) is 22.8 Å². The van der Waals surface area contributed by atoms with Gasteiger partial charge in [0, 0.05) is 23.2 Å². The van der Waals surface area contributed by atoms with Gasteiger partial charge in [-0.1, -0.05) is 17.7 Å². The number of rotatable bonds is 7. The molecule has 2 unspecified atom stereocenters. The molecule has 8 rings (SSSR count). The van der Waals surface area contributed by atoms with Crippen LogP contribution in [0.15, 0.2) is 70.3 Å². The molecule has 10 nitrogen and oxygen atoms in total. The zero-order valence-electron chi connectivity index (χ0n) is 24.4. The second kappa shape index (κ2) is 11.1. The van der Waals surface area contributed by atoms with Crippen LogP contribution in [0.2, 0.25) is 0 Å². The van der Waals surface area contributed by atoms with Crippen LogP contribution in [0.1, 0.15) is 31.2 Å². The van der Waals surface area contributed by atoms with Crippen molar-refractivity contribution in [2.45, 2.75) is 43.5 Å². The lowest BCUT2D eigenvalue weighted by Crippen LogP contribution is -2.52. The van der Waals surface area contributed by atoms with Crippen LogP contribution in [0, 0.1) is 36.4 Å². The van der Waals surface area contributed by atoms with Crippen molar-refractivity contribution in [3.63, 3.8) is 0 Å². The Kier molecular flexibility index (Phi) is 7.15. The molecule has 3 fully saturated rings. The zero-order chi connectivity index (χ0) is 31.5. The molecular weight excluding hydrogens is 604 g/mol. The van der Waals surface area contributed by atoms with Gasteiger partial charge in [-0.05, 0) is 80.8 Å². The lowest BCUT2D eigenvalue weighted by Gasteiger charge is -2.47. The maximum Gasteiger partial charge on any atom is 0.311 e. The summed E-state index contributed by atoms with van der Waals surface area (Å²) in [5.41, 5.74) is 0.698. The Balaban J connectivity index is 1.40. The van der Waals surface area contributed by atoms with Crippen LogP contribution in [0.5, 0.6) is 0 Å². The van der Waals surface area contributed by atoms with E-state index < -0.39 is 33.7 Å². The van der Waals surface area contributed by atoms with E-state index in [1.54, 1.807) is 24.3 Å². The summed E-state index contributed by atoms with van der Waals surface area (Å²) in [6.07, 6.45) is 6.16. The van der Waals surface area contributed by atoms with Gasteiger partial charge in [0.2, 0.25) is 5.95 Å². The fourth-order valence-electron chi connectivity index (χ4n) is 6.77. The van der Waals surface area contributed by atoms with Crippen LogP contribution in [0.4, 0.5) is 14.6 Å². The first-order valence-corrected chi connectivity index (χ1v) is 16.1. The largest absolute Gasteiger partial charge is 0.469 e. The molecule has 45 heavy (non-hydrogen) atoms. The number of carbonyl (C=O) groups excluding carboxylic acids is 1. The summed E-state index contributed by atoms with van der Waals surface area (Å²) >= 11 is 0. The number of furan rings is 1. The highest BCUT2D eigenvalue weighted by molar-refractivity contribution is 7.90. The molecule has 232 valence electrons. The number of methoxy groups -OCH3 is 1. The fraction of sp³-hybridized carbons (Fsp3) is 0.312. The molecule has 4 heterocycles. The maximum absolute atomic E-state index is 16.2. The summed E-state index contributed by atoms with van der Waals surface area (Å²) in [4.78, 5) is 25.8. The molecule has 3 saturated carbocycles. The molecule has 0 amide bonds. The summed E-state index contributed by atoms with van der Waals surface area (Å²) in [6.45, 7) is 1.83. The van der Waals surface area contributed by atoms with Crippen molar-refractivity contribution in [1.82, 2.24) is 18.9 Å². The van der Waals surface area contributed by atoms with E-state index in [4.69, 9.17) is 9.15 Å². The Labute approximate surface area is 257 Å². The number of anilines is 1. The van der Waals surface area contributed by atoms with E-state index in [1.807, 2.05) is 6.92 Å². The number of pyridine rings is 1. The molecule has 0 spiro atoms. The van der Waals surface area contributed by atoms with Crippen molar-refractivity contribution < 1.29 is 31.1 Å². The third-order valence-electron chi connectivity index (χ3n) is 9.01. The van der Waals surface area contributed by atoms with E-state index in [0.29, 0.717) is 0 Å². The van der Waals surface area contributed by atoms with E-state index in [9.17, 15) is 17.6 Å². The molecule has 0 aliphatic heterocycles. The number of carbonyl (C=O) groups is 1. The summed E-state index contributed by atoms with van der Waals surface area (Å²) in [5, 5.41) is 3.45. The van der Waals surface area contributed by atoms with Crippen LogP contribution in [-0.4, -0.2) is 46.5 Å². The van der Waals surface area contributed by atoms with E-state index in [1.165, 1.54) is 37.8 Å². The first-order valence-electron chi connectivity index (χ1n) is 14.6. The van der Waals surface area contributed by atoms with Crippen LogP contribution in [-0.2, 0) is 19.6 Å². The average molecular weight is 634 g/mol. The summed E-state index contributed by atoms with van der Waals surface area (Å²) in [7, 11) is -2.89. The monoisotopic (exact) mass is 633 g/mol. The van der Waals surface area contributed by atoms with Gasteiger partial charge in [0.05, 0.1) is 24.2 Å². The minimum absolute atomic E-state index is 0.0255. The number of aromatic nitrogens is 4. The van der Waals surface area contributed by atoms with Gasteiger partial charge < -0.3 is 14.5 Å². The first-order chi connectivity index (χ1) is 21.7. The minimum atomic E-state index is -4.23. The maximum atomic E-state index is 16.2. The molecule has 0 radical (unpaired) electrons. The summed E-state index contributed by atoms with van der Waals surface area (Å²) < 4.78 is 69.7. The highest BCUT2D eigenvalue weighted by Crippen LogP contribution is 2.47. The number of nitrogens with one attached hydrogen (secondary N) is 1. The van der Waals surface area contributed by atoms with Gasteiger partial charge in [0.1, 0.15) is 5.69 Å². The summed E-state index contributed by atoms with van der Waals surface area (Å²) in [6, 6.07) is 11.4. The van der Waals surface area contributed by atoms with Gasteiger partial charge in [-0.3, -0.25) is 4.79 Å². The van der Waals surface area contributed by atoms with Gasteiger partial charge in [-0.2, -0.15) is 4.39 Å². The van der Waals surface area contributed by atoms with Crippen molar-refractivity contribution in [3.05, 3.63) is 78.3 Å². The highest BCUT2D eigenvalue weighted by Gasteiger charge is 2.48. The standard InChI is InChI=1S/C32H29F2N5O5S/c1-17-5-11-20(12-6-17)45(41,42)39-16-22(21-13-14-24(33)35-31(21)39)29-37-28(23-4-3-15-44-23)26(34)30(38-29)36-27-19-9-7-18(8-10-19)25(27)32(40)43-2/h3-6,11-16,18-19,25,27H,7-10H2,1-2H3,(H,36,37,38). The molecule has 3 aliphatic rings. The molecular formula is C32H29F2N5O5S. The number of hydrogen-bond acceptors (Lipinski definition) is 9. The first kappa shape index (κ1) is 29.1. The fourth-order valence-corrected chi connectivity index (χ4v) is 8.08. The van der Waals surface area contributed by atoms with Crippen LogP contribution >= 0.6 is 0 Å². The lowest BCUT2D eigenvalue weighted by atomic mass is 9.61. The van der Waals surface area contributed by atoms with Crippen LogP contribution in [0.25, 0.3) is 33.9 Å². The molecule has 2 atom stereocenters. The van der Waals surface area contributed by atoms with E-state index in [2.05, 4.69) is 20.3 Å². The number of benzene rings is 1. The van der Waals surface area contributed by atoms with Crippen LogP contribution in [0.3, 0.4) is 0 Å². The Hall–Kier alpha value is -4.65. The number of hydrogen-bond donors (Lipinski definition) is 1. The number of esters is 1. The number of nitrogens with zero attached hydrogens (tertiary/aromatic N) is 4. The van der Waals surface area contributed by atoms with Gasteiger partial charge in [-0.25, -0.2) is 31.7 Å². The van der Waals surface area contributed by atoms with Gasteiger partial charge in [0.15, 0.2) is 28.9 Å². The van der Waals surface area contributed by atoms with Crippen molar-refractivity contribution in [2.75, 3.05) is 12.4 Å². The van der Waals surface area contributed by atoms with Crippen molar-refractivity contribution >= 4 is 32.8 Å². The smallest absolute Gasteiger partial charge is 0.311 e. The zero-order valence-corrected chi connectivity index (χ0v) is 25.2. The SMILES string of the molecule is COC(=O)C1C2CCC(CC2)C1Nc1nc(-c2cn(S(=O)(=O)c3ccc(C)cc3)c3nc(F)ccc23)nc(-c2ccco2)c1F. The highest BCUT2D eigenvalue weighted by atomic mass is 32.2. The molecule has 5 aromatic rings. The summed E-state index contributed by atoms with van der Waals surface area (Å²) in [5.74, 6) is -2.42. The topological polar surface area (TPSA) is 129 Å². The number of halogens is 2. The van der Waals surface area contributed by atoms with E-state index in [-0.39, 0.29) is 62.4 Å². The Morgan fingerprint density at radius 1 is 1.00 bits per heavy atom. The van der Waals surface area contributed by atoms with Gasteiger partial charge >= 0.3 is 5.97 Å². The molecule has 4 aromatic heterocycles. The third kappa shape index (κ3) is 4.95. The van der Waals surface area contributed by atoms with E-state index in [0.717, 1.165) is 41.3 Å². The average Bonchev–Trinajstić information content (AvgIpc) is 3.71. The normalized spacial score (nSPS) is 21.2. The predicted molar refractivity (Wildman–Crippen MR) is 161 cm³/mol. The van der Waals surface area contributed by atoms with Crippen LogP contribution < -0.4 is 5.32 Å². The quantitative estimate of drug-likeness (QED) is 0.170. The second-order valence-corrected chi connectivity index (χ2v) is 13.4. The lowest BCUT2D eigenvalue weighted by molar-refractivity contribution is -0.152. The van der Waals surface area contributed by atoms with Crippen molar-refractivity contribution in [2.24, 2.45) is 17.8 Å². The van der Waals surface area contributed by atoms with Gasteiger partial charge in [0.25, 0.3) is 10.0 Å². The Bertz CT molecular complexity index is 2020. The molecule has 2 bridgehead atoms. The number of fused-ring (bicyclic) bond motifs is 4.